The van der Waals surface area contributed by atoms with Crippen LogP contribution in [0.1, 0.15) is 0 Å². The maximum atomic E-state index is 5.80. The Hall–Kier alpha value is -0.840. The highest BCUT2D eigenvalue weighted by molar-refractivity contribution is 6.92. The first-order valence-electron chi connectivity index (χ1n) is 4.17. The summed E-state index contributed by atoms with van der Waals surface area (Å²) in [5.74, 6) is 0. The molecule has 0 saturated carbocycles. The summed E-state index contributed by atoms with van der Waals surface area (Å²) in [5, 5.41) is 0.777. The lowest BCUT2D eigenvalue weighted by Gasteiger charge is -2.00. The molecular formula is C12H12ClP. The van der Waals surface area contributed by atoms with Crippen LogP contribution >= 0.6 is 21.5 Å². The van der Waals surface area contributed by atoms with Crippen LogP contribution in [-0.2, 0) is 0 Å². The van der Waals surface area contributed by atoms with Crippen molar-refractivity contribution < 1.29 is 0 Å². The van der Waals surface area contributed by atoms with Gasteiger partial charge in [-0.05, 0) is 23.3 Å². The second-order valence-corrected chi connectivity index (χ2v) is 3.31. The van der Waals surface area contributed by atoms with E-state index in [0.29, 0.717) is 0 Å². The highest BCUT2D eigenvalue weighted by Crippen LogP contribution is 2.20. The van der Waals surface area contributed by atoms with Crippen LogP contribution in [0, 0.1) is 0 Å². The molecule has 0 aliphatic rings. The van der Waals surface area contributed by atoms with E-state index in [4.69, 9.17) is 11.6 Å². The van der Waals surface area contributed by atoms with Gasteiger partial charge in [-0.1, -0.05) is 54.1 Å². The molecule has 0 aromatic heterocycles. The summed E-state index contributed by atoms with van der Waals surface area (Å²) in [6.07, 6.45) is 0. The maximum Gasteiger partial charge on any atom is 0.0406 e. The monoisotopic (exact) mass is 222 g/mol. The molecule has 0 fully saturated rings. The standard InChI is InChI=1S/C12H9Cl.H3P/c13-12-8-6-11(7-9-12)10-4-2-1-3-5-10;/h1-9H;1H3. The first-order chi connectivity index (χ1) is 6.36. The molecule has 0 nitrogen and oxygen atoms in total. The van der Waals surface area contributed by atoms with Gasteiger partial charge in [-0.2, -0.15) is 9.90 Å². The Kier molecular flexibility index (Phi) is 4.13. The number of rotatable bonds is 1. The molecule has 0 heterocycles. The zero-order valence-electron chi connectivity index (χ0n) is 7.78. The Morgan fingerprint density at radius 2 is 1.14 bits per heavy atom. The summed E-state index contributed by atoms with van der Waals surface area (Å²) >= 11 is 5.80. The molecule has 1 atom stereocenters. The molecule has 2 aromatic carbocycles. The predicted molar refractivity (Wildman–Crippen MR) is 68.0 cm³/mol. The van der Waals surface area contributed by atoms with E-state index in [1.807, 2.05) is 42.5 Å². The number of benzene rings is 2. The molecule has 0 spiro atoms. The van der Waals surface area contributed by atoms with E-state index >= 15 is 0 Å². The molecule has 2 rings (SSSR count). The predicted octanol–water partition coefficient (Wildman–Crippen LogP) is 4.07. The fourth-order valence-electron chi connectivity index (χ4n) is 1.27. The zero-order chi connectivity index (χ0) is 9.10. The molecule has 1 unspecified atom stereocenters. The Morgan fingerprint density at radius 1 is 0.643 bits per heavy atom. The van der Waals surface area contributed by atoms with Crippen LogP contribution in [0.2, 0.25) is 5.02 Å². The van der Waals surface area contributed by atoms with E-state index in [9.17, 15) is 0 Å². The summed E-state index contributed by atoms with van der Waals surface area (Å²) in [6.45, 7) is 0. The minimum atomic E-state index is 0. The summed E-state index contributed by atoms with van der Waals surface area (Å²) < 4.78 is 0. The lowest BCUT2D eigenvalue weighted by Crippen LogP contribution is -1.74. The quantitative estimate of drug-likeness (QED) is 0.639. The zero-order valence-corrected chi connectivity index (χ0v) is 9.95. The van der Waals surface area contributed by atoms with E-state index in [-0.39, 0.29) is 9.90 Å². The molecule has 0 aliphatic carbocycles. The molecule has 0 radical (unpaired) electrons. The van der Waals surface area contributed by atoms with Crippen molar-refractivity contribution >= 4 is 21.5 Å². The fraction of sp³-hybridized carbons (Fsp3) is 0. The summed E-state index contributed by atoms with van der Waals surface area (Å²) in [7, 11) is 0. The summed E-state index contributed by atoms with van der Waals surface area (Å²) in [5.41, 5.74) is 2.42. The third-order valence-corrected chi connectivity index (χ3v) is 2.20. The van der Waals surface area contributed by atoms with Crippen molar-refractivity contribution in [3.8, 4) is 11.1 Å². The van der Waals surface area contributed by atoms with Crippen molar-refractivity contribution in [3.05, 3.63) is 59.6 Å². The van der Waals surface area contributed by atoms with E-state index in [0.717, 1.165) is 5.02 Å². The average Bonchev–Trinajstić information content (AvgIpc) is 2.20. The number of halogens is 1. The first-order valence-corrected chi connectivity index (χ1v) is 4.55. The van der Waals surface area contributed by atoms with Crippen molar-refractivity contribution in [1.82, 2.24) is 0 Å². The van der Waals surface area contributed by atoms with Crippen molar-refractivity contribution in [2.45, 2.75) is 0 Å². The van der Waals surface area contributed by atoms with Gasteiger partial charge in [0.05, 0.1) is 0 Å². The van der Waals surface area contributed by atoms with Gasteiger partial charge >= 0.3 is 0 Å². The molecule has 0 bridgehead atoms. The minimum absolute atomic E-state index is 0. The molecule has 0 saturated heterocycles. The Balaban J connectivity index is 0.000000980. The Bertz CT molecular complexity index is 381. The third-order valence-electron chi connectivity index (χ3n) is 1.95. The molecule has 14 heavy (non-hydrogen) atoms. The number of hydrogen-bond acceptors (Lipinski definition) is 0. The first kappa shape index (κ1) is 11.2. The molecule has 0 amide bonds. The van der Waals surface area contributed by atoms with Crippen LogP contribution in [0.3, 0.4) is 0 Å². The Morgan fingerprint density at radius 3 is 1.71 bits per heavy atom. The van der Waals surface area contributed by atoms with Crippen molar-refractivity contribution in [2.75, 3.05) is 0 Å². The van der Waals surface area contributed by atoms with Crippen LogP contribution in [0.5, 0.6) is 0 Å². The fourth-order valence-corrected chi connectivity index (χ4v) is 1.40. The van der Waals surface area contributed by atoms with Crippen molar-refractivity contribution in [3.63, 3.8) is 0 Å². The highest BCUT2D eigenvalue weighted by atomic mass is 35.5. The molecule has 2 aromatic rings. The SMILES string of the molecule is Clc1ccc(-c2ccccc2)cc1.P. The van der Waals surface area contributed by atoms with E-state index in [1.54, 1.807) is 0 Å². The van der Waals surface area contributed by atoms with Gasteiger partial charge in [0.2, 0.25) is 0 Å². The van der Waals surface area contributed by atoms with Gasteiger partial charge in [-0.3, -0.25) is 0 Å². The summed E-state index contributed by atoms with van der Waals surface area (Å²) in [6, 6.07) is 18.1. The smallest absolute Gasteiger partial charge is 0.0406 e. The van der Waals surface area contributed by atoms with Crippen LogP contribution < -0.4 is 0 Å². The van der Waals surface area contributed by atoms with Gasteiger partial charge in [-0.25, -0.2) is 0 Å². The average molecular weight is 223 g/mol. The van der Waals surface area contributed by atoms with Gasteiger partial charge in [-0.15, -0.1) is 0 Å². The third kappa shape index (κ3) is 2.57. The van der Waals surface area contributed by atoms with E-state index in [2.05, 4.69) is 12.1 Å². The minimum Gasteiger partial charge on any atom is -0.153 e. The molecule has 2 heteroatoms. The highest BCUT2D eigenvalue weighted by Gasteiger charge is 1.94. The van der Waals surface area contributed by atoms with Gasteiger partial charge in [0, 0.05) is 5.02 Å². The van der Waals surface area contributed by atoms with Crippen molar-refractivity contribution in [1.29, 1.82) is 0 Å². The lowest BCUT2D eigenvalue weighted by atomic mass is 10.1. The maximum absolute atomic E-state index is 5.80. The van der Waals surface area contributed by atoms with Gasteiger partial charge in [0.25, 0.3) is 0 Å². The van der Waals surface area contributed by atoms with Crippen molar-refractivity contribution in [2.24, 2.45) is 0 Å². The van der Waals surface area contributed by atoms with Crippen LogP contribution in [0.15, 0.2) is 54.6 Å². The molecule has 0 N–H and O–H groups in total. The lowest BCUT2D eigenvalue weighted by molar-refractivity contribution is 1.62. The second-order valence-electron chi connectivity index (χ2n) is 2.87. The molecular weight excluding hydrogens is 211 g/mol. The topological polar surface area (TPSA) is 0 Å². The van der Waals surface area contributed by atoms with E-state index in [1.165, 1.54) is 11.1 Å². The van der Waals surface area contributed by atoms with Crippen LogP contribution in [0.4, 0.5) is 0 Å². The van der Waals surface area contributed by atoms with Gasteiger partial charge < -0.3 is 0 Å². The largest absolute Gasteiger partial charge is 0.153 e. The van der Waals surface area contributed by atoms with Crippen LogP contribution in [0.25, 0.3) is 11.1 Å². The Labute approximate surface area is 92.5 Å². The van der Waals surface area contributed by atoms with Crippen LogP contribution in [-0.4, -0.2) is 0 Å². The molecule has 0 aliphatic heterocycles. The van der Waals surface area contributed by atoms with Gasteiger partial charge in [0.15, 0.2) is 0 Å². The second kappa shape index (κ2) is 5.14. The normalized spacial score (nSPS) is 9.21. The van der Waals surface area contributed by atoms with E-state index < -0.39 is 0 Å². The molecule has 72 valence electrons. The summed E-state index contributed by atoms with van der Waals surface area (Å²) in [4.78, 5) is 0. The van der Waals surface area contributed by atoms with Gasteiger partial charge in [0.1, 0.15) is 0 Å². The number of hydrogen-bond donors (Lipinski definition) is 0.